The first-order valence-corrected chi connectivity index (χ1v) is 6.07. The summed E-state index contributed by atoms with van der Waals surface area (Å²) >= 11 is 2.25. The Labute approximate surface area is 107 Å². The quantitative estimate of drug-likeness (QED) is 0.877. The van der Waals surface area contributed by atoms with Crippen molar-refractivity contribution < 1.29 is 4.52 Å². The first kappa shape index (κ1) is 11.5. The Balaban J connectivity index is 2.21. The third kappa shape index (κ3) is 2.79. The van der Waals surface area contributed by atoms with E-state index in [1.54, 1.807) is 0 Å². The van der Waals surface area contributed by atoms with Crippen molar-refractivity contribution in [2.24, 2.45) is 5.73 Å². The summed E-state index contributed by atoms with van der Waals surface area (Å²) in [6, 6.07) is 7.98. The van der Waals surface area contributed by atoms with Gasteiger partial charge in [0.15, 0.2) is 5.82 Å². The lowest BCUT2D eigenvalue weighted by Gasteiger charge is -1.97. The highest BCUT2D eigenvalue weighted by Crippen LogP contribution is 2.18. The van der Waals surface area contributed by atoms with Crippen LogP contribution in [0.5, 0.6) is 0 Å². The topological polar surface area (TPSA) is 64.9 Å². The summed E-state index contributed by atoms with van der Waals surface area (Å²) in [6.07, 6.45) is 0.633. The Morgan fingerprint density at radius 3 is 2.69 bits per heavy atom. The number of nitrogens with two attached hydrogens (primary N) is 1. The Morgan fingerprint density at radius 2 is 2.06 bits per heavy atom. The highest BCUT2D eigenvalue weighted by atomic mass is 127. The second kappa shape index (κ2) is 4.92. The van der Waals surface area contributed by atoms with Gasteiger partial charge in [0.1, 0.15) is 0 Å². The fourth-order valence-electron chi connectivity index (χ4n) is 1.33. The summed E-state index contributed by atoms with van der Waals surface area (Å²) in [5, 5.41) is 3.89. The smallest absolute Gasteiger partial charge is 0.257 e. The molecule has 0 amide bonds. The van der Waals surface area contributed by atoms with Gasteiger partial charge in [-0.3, -0.25) is 0 Å². The van der Waals surface area contributed by atoms with Gasteiger partial charge in [0.05, 0.1) is 0 Å². The van der Waals surface area contributed by atoms with Crippen LogP contribution < -0.4 is 5.73 Å². The van der Waals surface area contributed by atoms with E-state index < -0.39 is 0 Å². The number of rotatable bonds is 3. The molecule has 0 radical (unpaired) electrons. The fraction of sp³-hybridized carbons (Fsp3) is 0.273. The Hall–Kier alpha value is -0.950. The predicted octanol–water partition coefficient (Wildman–Crippen LogP) is 2.23. The summed E-state index contributed by atoms with van der Waals surface area (Å²) < 4.78 is 6.35. The molecule has 1 heterocycles. The van der Waals surface area contributed by atoms with Crippen molar-refractivity contribution in [1.82, 2.24) is 10.1 Å². The van der Waals surface area contributed by atoms with E-state index in [0.717, 1.165) is 5.56 Å². The van der Waals surface area contributed by atoms with Gasteiger partial charge in [-0.2, -0.15) is 4.98 Å². The minimum absolute atomic E-state index is 0.0437. The average molecular weight is 329 g/mol. The maximum absolute atomic E-state index is 5.67. The zero-order chi connectivity index (χ0) is 11.5. The van der Waals surface area contributed by atoms with Crippen molar-refractivity contribution in [3.63, 3.8) is 0 Å². The lowest BCUT2D eigenvalue weighted by Crippen LogP contribution is -2.18. The minimum Gasteiger partial charge on any atom is -0.334 e. The lowest BCUT2D eigenvalue weighted by atomic mass is 10.2. The molecule has 1 aromatic heterocycles. The minimum atomic E-state index is 0.0437. The molecule has 0 fully saturated rings. The van der Waals surface area contributed by atoms with Crippen LogP contribution in [0.3, 0.4) is 0 Å². The van der Waals surface area contributed by atoms with Crippen LogP contribution in [0.15, 0.2) is 28.8 Å². The summed E-state index contributed by atoms with van der Waals surface area (Å²) in [5.41, 5.74) is 6.60. The van der Waals surface area contributed by atoms with Crippen molar-refractivity contribution in [3.8, 4) is 11.5 Å². The summed E-state index contributed by atoms with van der Waals surface area (Å²) in [5.74, 6) is 1.20. The Morgan fingerprint density at radius 1 is 1.38 bits per heavy atom. The zero-order valence-electron chi connectivity index (χ0n) is 8.85. The summed E-state index contributed by atoms with van der Waals surface area (Å²) in [6.45, 7) is 1.92. The molecule has 0 aliphatic carbocycles. The summed E-state index contributed by atoms with van der Waals surface area (Å²) in [7, 11) is 0. The maximum Gasteiger partial charge on any atom is 0.257 e. The van der Waals surface area contributed by atoms with Gasteiger partial charge in [0, 0.05) is 21.6 Å². The van der Waals surface area contributed by atoms with Crippen molar-refractivity contribution in [1.29, 1.82) is 0 Å². The van der Waals surface area contributed by atoms with Gasteiger partial charge < -0.3 is 10.3 Å². The van der Waals surface area contributed by atoms with Gasteiger partial charge in [-0.05, 0) is 53.8 Å². The van der Waals surface area contributed by atoms with E-state index in [1.165, 1.54) is 3.57 Å². The van der Waals surface area contributed by atoms with E-state index >= 15 is 0 Å². The van der Waals surface area contributed by atoms with Gasteiger partial charge in [-0.25, -0.2) is 0 Å². The number of aromatic nitrogens is 2. The molecule has 4 nitrogen and oxygen atoms in total. The molecule has 2 N–H and O–H groups in total. The summed E-state index contributed by atoms with van der Waals surface area (Å²) in [4.78, 5) is 4.29. The number of benzene rings is 1. The van der Waals surface area contributed by atoms with E-state index in [0.29, 0.717) is 18.1 Å². The molecule has 0 saturated heterocycles. The van der Waals surface area contributed by atoms with E-state index in [-0.39, 0.29) is 6.04 Å². The molecule has 2 aromatic rings. The highest BCUT2D eigenvalue weighted by molar-refractivity contribution is 14.1. The molecule has 0 aliphatic heterocycles. The number of hydrogen-bond acceptors (Lipinski definition) is 4. The van der Waals surface area contributed by atoms with Crippen LogP contribution in [0.25, 0.3) is 11.5 Å². The zero-order valence-corrected chi connectivity index (χ0v) is 11.0. The monoisotopic (exact) mass is 329 g/mol. The molecular formula is C11H12IN3O. The van der Waals surface area contributed by atoms with Crippen molar-refractivity contribution in [2.75, 3.05) is 0 Å². The molecule has 0 aliphatic rings. The van der Waals surface area contributed by atoms with Crippen LogP contribution in [0.1, 0.15) is 12.7 Å². The third-order valence-corrected chi connectivity index (χ3v) is 2.78. The van der Waals surface area contributed by atoms with Gasteiger partial charge in [-0.1, -0.05) is 5.16 Å². The number of nitrogens with zero attached hydrogens (tertiary/aromatic N) is 2. The van der Waals surface area contributed by atoms with Crippen molar-refractivity contribution in [2.45, 2.75) is 19.4 Å². The normalized spacial score (nSPS) is 12.7. The van der Waals surface area contributed by atoms with E-state index in [4.69, 9.17) is 10.3 Å². The van der Waals surface area contributed by atoms with E-state index in [2.05, 4.69) is 32.7 Å². The SMILES string of the molecule is CC(N)Cc1noc(-c2ccc(I)cc2)n1. The average Bonchev–Trinajstić information content (AvgIpc) is 2.66. The largest absolute Gasteiger partial charge is 0.334 e. The molecule has 1 unspecified atom stereocenters. The van der Waals surface area contributed by atoms with Crippen molar-refractivity contribution in [3.05, 3.63) is 33.7 Å². The third-order valence-electron chi connectivity index (χ3n) is 2.06. The molecule has 1 atom stereocenters. The molecule has 16 heavy (non-hydrogen) atoms. The molecule has 0 spiro atoms. The molecule has 2 rings (SSSR count). The van der Waals surface area contributed by atoms with E-state index in [9.17, 15) is 0 Å². The van der Waals surface area contributed by atoms with Crippen LogP contribution >= 0.6 is 22.6 Å². The standard InChI is InChI=1S/C11H12IN3O/c1-7(13)6-10-14-11(16-15-10)8-2-4-9(12)5-3-8/h2-5,7H,6,13H2,1H3. The molecular weight excluding hydrogens is 317 g/mol. The first-order valence-electron chi connectivity index (χ1n) is 4.99. The highest BCUT2D eigenvalue weighted by Gasteiger charge is 2.09. The van der Waals surface area contributed by atoms with Crippen LogP contribution in [-0.4, -0.2) is 16.2 Å². The van der Waals surface area contributed by atoms with Crippen LogP contribution in [0, 0.1) is 3.57 Å². The maximum atomic E-state index is 5.67. The van der Waals surface area contributed by atoms with E-state index in [1.807, 2.05) is 31.2 Å². The second-order valence-electron chi connectivity index (χ2n) is 3.70. The number of hydrogen-bond donors (Lipinski definition) is 1. The first-order chi connectivity index (χ1) is 7.65. The van der Waals surface area contributed by atoms with Crippen LogP contribution in [-0.2, 0) is 6.42 Å². The predicted molar refractivity (Wildman–Crippen MR) is 69.8 cm³/mol. The molecule has 0 bridgehead atoms. The molecule has 1 aromatic carbocycles. The molecule has 84 valence electrons. The Kier molecular flexibility index (Phi) is 3.55. The van der Waals surface area contributed by atoms with Crippen LogP contribution in [0.2, 0.25) is 0 Å². The van der Waals surface area contributed by atoms with Gasteiger partial charge in [0.25, 0.3) is 5.89 Å². The second-order valence-corrected chi connectivity index (χ2v) is 4.95. The lowest BCUT2D eigenvalue weighted by molar-refractivity contribution is 0.420. The van der Waals surface area contributed by atoms with Gasteiger partial charge in [0.2, 0.25) is 0 Å². The molecule has 5 heteroatoms. The van der Waals surface area contributed by atoms with Crippen molar-refractivity contribution >= 4 is 22.6 Å². The fourth-order valence-corrected chi connectivity index (χ4v) is 1.69. The number of halogens is 1. The van der Waals surface area contributed by atoms with Gasteiger partial charge >= 0.3 is 0 Å². The van der Waals surface area contributed by atoms with Gasteiger partial charge in [-0.15, -0.1) is 0 Å². The molecule has 0 saturated carbocycles. The van der Waals surface area contributed by atoms with Crippen LogP contribution in [0.4, 0.5) is 0 Å². The Bertz CT molecular complexity index is 464.